The highest BCUT2D eigenvalue weighted by Crippen LogP contribution is 2.35. The molecule has 2 aliphatic heterocycles. The fourth-order valence-electron chi connectivity index (χ4n) is 4.55. The van der Waals surface area contributed by atoms with Crippen molar-refractivity contribution in [3.8, 4) is 5.75 Å². The number of pyridine rings is 1. The predicted octanol–water partition coefficient (Wildman–Crippen LogP) is 2.78. The Morgan fingerprint density at radius 1 is 1.16 bits per heavy atom. The van der Waals surface area contributed by atoms with Gasteiger partial charge in [-0.1, -0.05) is 18.2 Å². The van der Waals surface area contributed by atoms with Crippen molar-refractivity contribution in [3.05, 3.63) is 59.4 Å². The maximum atomic E-state index is 13.5. The summed E-state index contributed by atoms with van der Waals surface area (Å²) in [5.74, 6) is 0.459. The highest BCUT2D eigenvalue weighted by Gasteiger charge is 2.41. The molecule has 1 N–H and O–H groups in total. The van der Waals surface area contributed by atoms with Crippen molar-refractivity contribution in [2.24, 2.45) is 0 Å². The minimum absolute atomic E-state index is 0.101. The van der Waals surface area contributed by atoms with Crippen LogP contribution in [0.25, 0.3) is 0 Å². The molecule has 2 atom stereocenters. The van der Waals surface area contributed by atoms with Crippen molar-refractivity contribution in [2.75, 3.05) is 26.7 Å². The number of carbonyl (C=O) groups is 2. The van der Waals surface area contributed by atoms with Gasteiger partial charge in [0.1, 0.15) is 17.4 Å². The van der Waals surface area contributed by atoms with Crippen LogP contribution >= 0.6 is 0 Å². The van der Waals surface area contributed by atoms with Crippen LogP contribution in [0.2, 0.25) is 0 Å². The topological polar surface area (TPSA) is 74.8 Å². The van der Waals surface area contributed by atoms with Crippen LogP contribution in [0.3, 0.4) is 0 Å². The van der Waals surface area contributed by atoms with E-state index >= 15 is 0 Å². The average Bonchev–Trinajstić information content (AvgIpc) is 3.06. The fraction of sp³-hybridized carbons (Fsp3) is 0.480. The first-order valence-corrected chi connectivity index (χ1v) is 11.3. The summed E-state index contributed by atoms with van der Waals surface area (Å²) in [5, 5.41) is 2.85. The molecule has 0 radical (unpaired) electrons. The van der Waals surface area contributed by atoms with Crippen LogP contribution in [-0.2, 0) is 11.3 Å². The Balaban J connectivity index is 1.54. The number of aromatic nitrogens is 1. The Labute approximate surface area is 189 Å². The molecule has 0 saturated carbocycles. The zero-order valence-corrected chi connectivity index (χ0v) is 19.1. The summed E-state index contributed by atoms with van der Waals surface area (Å²) >= 11 is 0. The normalized spacial score (nSPS) is 22.3. The minimum atomic E-state index is -0.653. The number of fused-ring (bicyclic) bond motifs is 1. The Morgan fingerprint density at radius 3 is 2.75 bits per heavy atom. The van der Waals surface area contributed by atoms with Crippen molar-refractivity contribution < 1.29 is 14.3 Å². The van der Waals surface area contributed by atoms with Crippen molar-refractivity contribution >= 4 is 11.8 Å². The lowest BCUT2D eigenvalue weighted by Gasteiger charge is -2.36. The summed E-state index contributed by atoms with van der Waals surface area (Å²) in [4.78, 5) is 34.5. The zero-order chi connectivity index (χ0) is 22.7. The number of hydrogen-bond acceptors (Lipinski definition) is 5. The SMILES string of the molecule is Cc1ccc(C(=O)NC(C)C(=O)N2Cc3ccccc3OC3(CCCN(C)CC3)C2)cn1. The zero-order valence-electron chi connectivity index (χ0n) is 19.1. The molecular weight excluding hydrogens is 404 g/mol. The molecule has 0 aliphatic carbocycles. The lowest BCUT2D eigenvalue weighted by Crippen LogP contribution is -2.52. The maximum Gasteiger partial charge on any atom is 0.253 e. The van der Waals surface area contributed by atoms with Crippen LogP contribution in [0.1, 0.15) is 47.8 Å². The van der Waals surface area contributed by atoms with Gasteiger partial charge in [0.05, 0.1) is 12.1 Å². The molecule has 1 aromatic heterocycles. The van der Waals surface area contributed by atoms with Gasteiger partial charge in [0.2, 0.25) is 5.91 Å². The summed E-state index contributed by atoms with van der Waals surface area (Å²) in [6, 6.07) is 10.8. The van der Waals surface area contributed by atoms with Crippen LogP contribution in [0.4, 0.5) is 0 Å². The summed E-state index contributed by atoms with van der Waals surface area (Å²) < 4.78 is 6.62. The molecular formula is C25H32N4O3. The van der Waals surface area contributed by atoms with Gasteiger partial charge in [-0.05, 0) is 58.5 Å². The lowest BCUT2D eigenvalue weighted by atomic mass is 9.93. The number of benzene rings is 1. The van der Waals surface area contributed by atoms with Gasteiger partial charge in [-0.15, -0.1) is 0 Å². The quantitative estimate of drug-likeness (QED) is 0.801. The van der Waals surface area contributed by atoms with E-state index in [0.717, 1.165) is 49.4 Å². The van der Waals surface area contributed by atoms with Gasteiger partial charge >= 0.3 is 0 Å². The number of aryl methyl sites for hydroxylation is 1. The number of ether oxygens (including phenoxy) is 1. The molecule has 2 amide bonds. The van der Waals surface area contributed by atoms with Crippen molar-refractivity contribution in [1.29, 1.82) is 0 Å². The van der Waals surface area contributed by atoms with Gasteiger partial charge in [-0.2, -0.15) is 0 Å². The van der Waals surface area contributed by atoms with E-state index in [1.807, 2.05) is 36.1 Å². The second-order valence-electron chi connectivity index (χ2n) is 9.13. The number of nitrogens with zero attached hydrogens (tertiary/aromatic N) is 3. The number of carbonyl (C=O) groups excluding carboxylic acids is 2. The first-order valence-electron chi connectivity index (χ1n) is 11.3. The maximum absolute atomic E-state index is 13.5. The molecule has 2 aromatic rings. The molecule has 32 heavy (non-hydrogen) atoms. The van der Waals surface area contributed by atoms with Crippen LogP contribution < -0.4 is 10.1 Å². The number of hydrogen-bond donors (Lipinski definition) is 1. The second kappa shape index (κ2) is 9.28. The van der Waals surface area contributed by atoms with E-state index in [0.29, 0.717) is 18.7 Å². The van der Waals surface area contributed by atoms with E-state index in [2.05, 4.69) is 22.2 Å². The van der Waals surface area contributed by atoms with Gasteiger partial charge in [0, 0.05) is 37.0 Å². The first-order chi connectivity index (χ1) is 15.3. The Bertz CT molecular complexity index is 977. The largest absolute Gasteiger partial charge is 0.485 e. The smallest absolute Gasteiger partial charge is 0.253 e. The molecule has 1 spiro atoms. The molecule has 2 aliphatic rings. The van der Waals surface area contributed by atoms with E-state index < -0.39 is 11.6 Å². The molecule has 4 rings (SSSR count). The molecule has 3 heterocycles. The lowest BCUT2D eigenvalue weighted by molar-refractivity contribution is -0.136. The van der Waals surface area contributed by atoms with E-state index in [-0.39, 0.29) is 11.8 Å². The molecule has 7 nitrogen and oxygen atoms in total. The summed E-state index contributed by atoms with van der Waals surface area (Å²) in [7, 11) is 2.13. The van der Waals surface area contributed by atoms with Crippen LogP contribution in [0.15, 0.2) is 42.6 Å². The van der Waals surface area contributed by atoms with Crippen LogP contribution in [0, 0.1) is 6.92 Å². The standard InChI is InChI=1S/C25H32N4O3/c1-18-9-10-20(15-26-18)23(30)27-19(2)24(31)29-16-21-7-4-5-8-22(21)32-25(17-29)11-6-13-28(3)14-12-25/h4-5,7-10,15,19H,6,11-14,16-17H2,1-3H3,(H,27,30). The Kier molecular flexibility index (Phi) is 6.46. The predicted molar refractivity (Wildman–Crippen MR) is 122 cm³/mol. The average molecular weight is 437 g/mol. The highest BCUT2D eigenvalue weighted by atomic mass is 16.5. The summed E-state index contributed by atoms with van der Waals surface area (Å²) in [6.07, 6.45) is 4.31. The number of para-hydroxylation sites is 1. The monoisotopic (exact) mass is 436 g/mol. The summed E-state index contributed by atoms with van der Waals surface area (Å²) in [5.41, 5.74) is 1.87. The third-order valence-electron chi connectivity index (χ3n) is 6.46. The molecule has 1 fully saturated rings. The van der Waals surface area contributed by atoms with Gasteiger partial charge in [-0.25, -0.2) is 0 Å². The third kappa shape index (κ3) is 4.93. The van der Waals surface area contributed by atoms with Gasteiger partial charge < -0.3 is 19.9 Å². The van der Waals surface area contributed by atoms with Crippen molar-refractivity contribution in [1.82, 2.24) is 20.1 Å². The minimum Gasteiger partial charge on any atom is -0.485 e. The van der Waals surface area contributed by atoms with Gasteiger partial charge in [0.15, 0.2) is 0 Å². The number of amides is 2. The Hall–Kier alpha value is -2.93. The van der Waals surface area contributed by atoms with Gasteiger partial charge in [0.25, 0.3) is 5.91 Å². The van der Waals surface area contributed by atoms with E-state index in [1.54, 1.807) is 19.1 Å². The summed E-state index contributed by atoms with van der Waals surface area (Å²) in [6.45, 7) is 6.55. The van der Waals surface area contributed by atoms with E-state index in [4.69, 9.17) is 4.74 Å². The first kappa shape index (κ1) is 22.3. The van der Waals surface area contributed by atoms with Crippen molar-refractivity contribution in [2.45, 2.75) is 51.3 Å². The van der Waals surface area contributed by atoms with Crippen LogP contribution in [-0.4, -0.2) is 64.9 Å². The van der Waals surface area contributed by atoms with Gasteiger partial charge in [-0.3, -0.25) is 14.6 Å². The second-order valence-corrected chi connectivity index (χ2v) is 9.13. The molecule has 1 saturated heterocycles. The van der Waals surface area contributed by atoms with E-state index in [1.165, 1.54) is 6.20 Å². The highest BCUT2D eigenvalue weighted by molar-refractivity contribution is 5.97. The molecule has 0 bridgehead atoms. The van der Waals surface area contributed by atoms with E-state index in [9.17, 15) is 9.59 Å². The number of nitrogens with one attached hydrogen (secondary N) is 1. The Morgan fingerprint density at radius 2 is 1.97 bits per heavy atom. The van der Waals surface area contributed by atoms with Crippen molar-refractivity contribution in [3.63, 3.8) is 0 Å². The number of likely N-dealkylation sites (tertiary alicyclic amines) is 1. The molecule has 170 valence electrons. The molecule has 7 heteroatoms. The molecule has 2 unspecified atom stereocenters. The molecule has 1 aromatic carbocycles. The number of rotatable bonds is 3. The van der Waals surface area contributed by atoms with Crippen LogP contribution in [0.5, 0.6) is 5.75 Å². The third-order valence-corrected chi connectivity index (χ3v) is 6.46. The fourth-order valence-corrected chi connectivity index (χ4v) is 4.55.